The van der Waals surface area contributed by atoms with Crippen LogP contribution < -0.4 is 11.1 Å². The van der Waals surface area contributed by atoms with Gasteiger partial charge in [0.05, 0.1) is 5.69 Å². The van der Waals surface area contributed by atoms with Crippen LogP contribution in [0, 0.1) is 0 Å². The molecule has 19 heavy (non-hydrogen) atoms. The van der Waals surface area contributed by atoms with E-state index in [-0.39, 0.29) is 11.9 Å². The van der Waals surface area contributed by atoms with Crippen LogP contribution in [0.5, 0.6) is 0 Å². The number of nitrogens with zero attached hydrogens (tertiary/aromatic N) is 1. The van der Waals surface area contributed by atoms with Gasteiger partial charge >= 0.3 is 0 Å². The Bertz CT molecular complexity index is 399. The molecule has 0 unspecified atom stereocenters. The minimum Gasteiger partial charge on any atom is -0.397 e. The maximum Gasteiger partial charge on any atom is 0.267 e. The molecule has 0 aliphatic carbocycles. The minimum absolute atomic E-state index is 0.0825. The van der Waals surface area contributed by atoms with Crippen molar-refractivity contribution in [3.05, 3.63) is 18.0 Å². The average molecular weight is 267 g/mol. The number of nitrogen functional groups attached to an aromatic ring is 1. The normalized spacial score (nSPS) is 10.9. The third kappa shape index (κ3) is 4.95. The van der Waals surface area contributed by atoms with Crippen LogP contribution in [-0.4, -0.2) is 30.2 Å². The van der Waals surface area contributed by atoms with E-state index in [9.17, 15) is 4.79 Å². The first-order valence-electron chi connectivity index (χ1n) is 6.89. The molecular weight excluding hydrogens is 242 g/mol. The SMILES string of the molecule is CCCOCCCNC(=O)c1cc(N)cn1C(C)C. The number of hydrogen-bond acceptors (Lipinski definition) is 3. The van der Waals surface area contributed by atoms with Crippen molar-refractivity contribution in [2.75, 3.05) is 25.5 Å². The molecule has 1 aromatic heterocycles. The molecule has 0 fully saturated rings. The fourth-order valence-electron chi connectivity index (χ4n) is 1.82. The van der Waals surface area contributed by atoms with Crippen LogP contribution >= 0.6 is 0 Å². The van der Waals surface area contributed by atoms with Crippen molar-refractivity contribution in [2.24, 2.45) is 0 Å². The molecule has 3 N–H and O–H groups in total. The van der Waals surface area contributed by atoms with Crippen molar-refractivity contribution in [2.45, 2.75) is 39.7 Å². The van der Waals surface area contributed by atoms with Crippen LogP contribution in [-0.2, 0) is 4.74 Å². The number of aromatic nitrogens is 1. The second-order valence-electron chi connectivity index (χ2n) is 4.88. The van der Waals surface area contributed by atoms with Gasteiger partial charge in [-0.05, 0) is 32.8 Å². The second-order valence-corrected chi connectivity index (χ2v) is 4.88. The number of amides is 1. The fraction of sp³-hybridized carbons (Fsp3) is 0.643. The van der Waals surface area contributed by atoms with Crippen molar-refractivity contribution >= 4 is 11.6 Å². The van der Waals surface area contributed by atoms with E-state index in [2.05, 4.69) is 12.2 Å². The highest BCUT2D eigenvalue weighted by molar-refractivity contribution is 5.93. The summed E-state index contributed by atoms with van der Waals surface area (Å²) < 4.78 is 7.25. The number of nitrogens with two attached hydrogens (primary N) is 1. The van der Waals surface area contributed by atoms with Crippen LogP contribution in [0.25, 0.3) is 0 Å². The topological polar surface area (TPSA) is 69.3 Å². The third-order valence-corrected chi connectivity index (χ3v) is 2.76. The Morgan fingerprint density at radius 3 is 2.84 bits per heavy atom. The van der Waals surface area contributed by atoms with Gasteiger partial charge < -0.3 is 20.4 Å². The monoisotopic (exact) mass is 267 g/mol. The van der Waals surface area contributed by atoms with E-state index >= 15 is 0 Å². The maximum absolute atomic E-state index is 12.0. The lowest BCUT2D eigenvalue weighted by Crippen LogP contribution is -2.27. The summed E-state index contributed by atoms with van der Waals surface area (Å²) in [5, 5.41) is 2.89. The standard InChI is InChI=1S/C14H25N3O2/c1-4-7-19-8-5-6-16-14(18)13-9-12(15)10-17(13)11(2)3/h9-11H,4-8,15H2,1-3H3,(H,16,18). The fourth-order valence-corrected chi connectivity index (χ4v) is 1.82. The quantitative estimate of drug-likeness (QED) is 0.709. The Labute approximate surface area is 115 Å². The van der Waals surface area contributed by atoms with E-state index in [1.807, 2.05) is 18.4 Å². The largest absolute Gasteiger partial charge is 0.397 e. The first kappa shape index (κ1) is 15.6. The summed E-state index contributed by atoms with van der Waals surface area (Å²) in [6.07, 6.45) is 3.64. The number of hydrogen-bond donors (Lipinski definition) is 2. The molecule has 0 aliphatic heterocycles. The molecule has 0 bridgehead atoms. The lowest BCUT2D eigenvalue weighted by atomic mass is 10.3. The lowest BCUT2D eigenvalue weighted by molar-refractivity contribution is 0.0931. The zero-order valence-corrected chi connectivity index (χ0v) is 12.1. The molecule has 1 aromatic rings. The van der Waals surface area contributed by atoms with E-state index in [0.717, 1.165) is 19.4 Å². The molecule has 1 amide bonds. The van der Waals surface area contributed by atoms with Crippen molar-refractivity contribution in [1.29, 1.82) is 0 Å². The van der Waals surface area contributed by atoms with Crippen molar-refractivity contribution in [1.82, 2.24) is 9.88 Å². The number of rotatable bonds is 8. The van der Waals surface area contributed by atoms with Gasteiger partial charge in [0.15, 0.2) is 0 Å². The summed E-state index contributed by atoms with van der Waals surface area (Å²) in [6.45, 7) is 8.20. The predicted molar refractivity (Wildman–Crippen MR) is 77.3 cm³/mol. The van der Waals surface area contributed by atoms with Crippen LogP contribution in [0.2, 0.25) is 0 Å². The molecule has 0 saturated carbocycles. The first-order valence-corrected chi connectivity index (χ1v) is 6.89. The van der Waals surface area contributed by atoms with Gasteiger partial charge in [-0.3, -0.25) is 4.79 Å². The van der Waals surface area contributed by atoms with Crippen LogP contribution in [0.1, 0.15) is 50.1 Å². The summed E-state index contributed by atoms with van der Waals surface area (Å²) in [7, 11) is 0. The minimum atomic E-state index is -0.0825. The molecule has 0 aliphatic rings. The zero-order valence-electron chi connectivity index (χ0n) is 12.1. The van der Waals surface area contributed by atoms with E-state index in [4.69, 9.17) is 10.5 Å². The van der Waals surface area contributed by atoms with Gasteiger partial charge in [0.2, 0.25) is 0 Å². The molecule has 0 saturated heterocycles. The maximum atomic E-state index is 12.0. The highest BCUT2D eigenvalue weighted by Gasteiger charge is 2.14. The number of carbonyl (C=O) groups is 1. The highest BCUT2D eigenvalue weighted by Crippen LogP contribution is 2.16. The van der Waals surface area contributed by atoms with Gasteiger partial charge in [-0.25, -0.2) is 0 Å². The smallest absolute Gasteiger partial charge is 0.267 e. The summed E-state index contributed by atoms with van der Waals surface area (Å²) in [5.41, 5.74) is 6.97. The zero-order chi connectivity index (χ0) is 14.3. The van der Waals surface area contributed by atoms with Gasteiger partial charge in [-0.15, -0.1) is 0 Å². The van der Waals surface area contributed by atoms with E-state index in [1.165, 1.54) is 0 Å². The van der Waals surface area contributed by atoms with Gasteiger partial charge in [0.25, 0.3) is 5.91 Å². The van der Waals surface area contributed by atoms with Crippen LogP contribution in [0.3, 0.4) is 0 Å². The van der Waals surface area contributed by atoms with Crippen LogP contribution in [0.4, 0.5) is 5.69 Å². The molecule has 5 heteroatoms. The molecule has 0 atom stereocenters. The number of ether oxygens (including phenoxy) is 1. The van der Waals surface area contributed by atoms with Gasteiger partial charge in [-0.2, -0.15) is 0 Å². The summed E-state index contributed by atoms with van der Waals surface area (Å²) >= 11 is 0. The molecule has 0 radical (unpaired) electrons. The number of nitrogens with one attached hydrogen (secondary N) is 1. The van der Waals surface area contributed by atoms with Gasteiger partial charge in [0, 0.05) is 32.0 Å². The molecule has 108 valence electrons. The third-order valence-electron chi connectivity index (χ3n) is 2.76. The Balaban J connectivity index is 2.41. The van der Waals surface area contributed by atoms with Gasteiger partial charge in [0.1, 0.15) is 5.69 Å². The second kappa shape index (κ2) is 7.84. The summed E-state index contributed by atoms with van der Waals surface area (Å²) in [6, 6.07) is 1.93. The molecule has 5 nitrogen and oxygen atoms in total. The van der Waals surface area contributed by atoms with Crippen molar-refractivity contribution < 1.29 is 9.53 Å². The number of anilines is 1. The first-order chi connectivity index (χ1) is 9.06. The van der Waals surface area contributed by atoms with Gasteiger partial charge in [-0.1, -0.05) is 6.92 Å². The van der Waals surface area contributed by atoms with Crippen LogP contribution in [0.15, 0.2) is 12.3 Å². The average Bonchev–Trinajstić information content (AvgIpc) is 2.76. The molecule has 0 aromatic carbocycles. The van der Waals surface area contributed by atoms with Crippen molar-refractivity contribution in [3.8, 4) is 0 Å². The van der Waals surface area contributed by atoms with E-state index < -0.39 is 0 Å². The Hall–Kier alpha value is -1.49. The van der Waals surface area contributed by atoms with E-state index in [0.29, 0.717) is 24.5 Å². The van der Waals surface area contributed by atoms with E-state index in [1.54, 1.807) is 12.3 Å². The molecule has 1 heterocycles. The lowest BCUT2D eigenvalue weighted by Gasteiger charge is -2.12. The summed E-state index contributed by atoms with van der Waals surface area (Å²) in [4.78, 5) is 12.0. The Kier molecular flexibility index (Phi) is 6.42. The molecule has 0 spiro atoms. The molecule has 1 rings (SSSR count). The predicted octanol–water partition coefficient (Wildman–Crippen LogP) is 2.20. The molecular formula is C14H25N3O2. The Morgan fingerprint density at radius 2 is 2.21 bits per heavy atom. The Morgan fingerprint density at radius 1 is 1.47 bits per heavy atom. The van der Waals surface area contributed by atoms with Crippen molar-refractivity contribution in [3.63, 3.8) is 0 Å². The summed E-state index contributed by atoms with van der Waals surface area (Å²) in [5.74, 6) is -0.0825. The number of carbonyl (C=O) groups excluding carboxylic acids is 1. The highest BCUT2D eigenvalue weighted by atomic mass is 16.5.